The summed E-state index contributed by atoms with van der Waals surface area (Å²) in [6.45, 7) is 0. The van der Waals surface area contributed by atoms with Crippen LogP contribution in [0.3, 0.4) is 0 Å². The topological polar surface area (TPSA) is 57.5 Å². The largest absolute Gasteiger partial charge is 0.479 e. The van der Waals surface area contributed by atoms with E-state index >= 15 is 0 Å². The van der Waals surface area contributed by atoms with Crippen LogP contribution in [0.2, 0.25) is 0 Å². The monoisotopic (exact) mass is 166 g/mol. The van der Waals surface area contributed by atoms with Crippen molar-refractivity contribution in [3.63, 3.8) is 0 Å². The molecule has 0 saturated carbocycles. The van der Waals surface area contributed by atoms with Crippen LogP contribution < -0.4 is 0 Å². The number of hydrogen-bond acceptors (Lipinski definition) is 3. The Morgan fingerprint density at radius 1 is 1.70 bits per heavy atom. The molecule has 2 N–H and O–H groups in total. The van der Waals surface area contributed by atoms with Gasteiger partial charge in [0.1, 0.15) is 0 Å². The van der Waals surface area contributed by atoms with Gasteiger partial charge in [-0.1, -0.05) is 7.43 Å². The molecular weight excluding hydrogens is 152 g/mol. The average molecular weight is 166 g/mol. The van der Waals surface area contributed by atoms with Crippen molar-refractivity contribution in [3.8, 4) is 0 Å². The zero-order valence-corrected chi connectivity index (χ0v) is 6.02. The van der Waals surface area contributed by atoms with E-state index in [0.717, 1.165) is 0 Å². The van der Waals surface area contributed by atoms with Gasteiger partial charge in [-0.25, -0.2) is 4.79 Å². The molecule has 4 heteroatoms. The number of thioether (sulfide) groups is 1. The standard InChI is InChI=1S/C5H10O3S.CH4/c1-9-3-2-4(6)5(7)8;/h4,6H,2-3H2,1H3,(H,7,8);1H4. The van der Waals surface area contributed by atoms with Crippen LogP contribution in [0.15, 0.2) is 0 Å². The van der Waals surface area contributed by atoms with E-state index in [0.29, 0.717) is 12.2 Å². The second-order valence-electron chi connectivity index (χ2n) is 1.64. The summed E-state index contributed by atoms with van der Waals surface area (Å²) in [5.74, 6) is -0.447. The lowest BCUT2D eigenvalue weighted by Crippen LogP contribution is -2.19. The van der Waals surface area contributed by atoms with E-state index in [1.54, 1.807) is 0 Å². The minimum Gasteiger partial charge on any atom is -0.479 e. The molecule has 0 aliphatic carbocycles. The maximum Gasteiger partial charge on any atom is 0.332 e. The zero-order chi connectivity index (χ0) is 7.28. The van der Waals surface area contributed by atoms with Crippen LogP contribution in [-0.4, -0.2) is 34.3 Å². The molecule has 0 saturated heterocycles. The van der Waals surface area contributed by atoms with Gasteiger partial charge in [0, 0.05) is 0 Å². The predicted octanol–water partition coefficient (Wildman–Crippen LogP) is 0.821. The summed E-state index contributed by atoms with van der Waals surface area (Å²) in [4.78, 5) is 9.95. The number of carboxylic acids is 1. The minimum atomic E-state index is -1.18. The molecule has 0 aliphatic rings. The molecule has 1 unspecified atom stereocenters. The van der Waals surface area contributed by atoms with Gasteiger partial charge in [-0.05, 0) is 18.4 Å². The Morgan fingerprint density at radius 3 is 2.50 bits per heavy atom. The molecule has 0 aromatic carbocycles. The van der Waals surface area contributed by atoms with Crippen molar-refractivity contribution in [3.05, 3.63) is 0 Å². The lowest BCUT2D eigenvalue weighted by atomic mass is 10.3. The number of aliphatic hydroxyl groups is 1. The highest BCUT2D eigenvalue weighted by Gasteiger charge is 2.10. The second-order valence-corrected chi connectivity index (χ2v) is 2.62. The maximum absolute atomic E-state index is 9.95. The predicted molar refractivity (Wildman–Crippen MR) is 43.4 cm³/mol. The van der Waals surface area contributed by atoms with E-state index in [4.69, 9.17) is 10.2 Å². The Kier molecular flexibility index (Phi) is 8.59. The van der Waals surface area contributed by atoms with Crippen molar-refractivity contribution >= 4 is 17.7 Å². The molecule has 0 aromatic heterocycles. The van der Waals surface area contributed by atoms with E-state index in [2.05, 4.69) is 0 Å². The lowest BCUT2D eigenvalue weighted by Gasteiger charge is -2.01. The molecule has 0 heterocycles. The fourth-order valence-electron chi connectivity index (χ4n) is 0.353. The summed E-state index contributed by atoms with van der Waals surface area (Å²) in [7, 11) is 0. The molecular formula is C6H14O3S. The van der Waals surface area contributed by atoms with E-state index in [1.807, 2.05) is 6.26 Å². The van der Waals surface area contributed by atoms with Crippen molar-refractivity contribution in [2.75, 3.05) is 12.0 Å². The lowest BCUT2D eigenvalue weighted by molar-refractivity contribution is -0.146. The third-order valence-corrected chi connectivity index (χ3v) is 1.52. The quantitative estimate of drug-likeness (QED) is 0.649. The first-order chi connectivity index (χ1) is 4.18. The van der Waals surface area contributed by atoms with E-state index in [9.17, 15) is 4.79 Å². The van der Waals surface area contributed by atoms with Crippen molar-refractivity contribution in [1.29, 1.82) is 0 Å². The number of rotatable bonds is 4. The first-order valence-electron chi connectivity index (χ1n) is 2.58. The van der Waals surface area contributed by atoms with Gasteiger partial charge in [-0.3, -0.25) is 0 Å². The van der Waals surface area contributed by atoms with Crippen molar-refractivity contribution in [2.24, 2.45) is 0 Å². The second kappa shape index (κ2) is 6.89. The molecule has 0 spiro atoms. The van der Waals surface area contributed by atoms with Crippen molar-refractivity contribution < 1.29 is 15.0 Å². The SMILES string of the molecule is C.CSCCC(O)C(=O)O. The molecule has 3 nitrogen and oxygen atoms in total. The van der Waals surface area contributed by atoms with Gasteiger partial charge in [0.2, 0.25) is 0 Å². The number of hydrogen-bond donors (Lipinski definition) is 2. The molecule has 0 aliphatic heterocycles. The van der Waals surface area contributed by atoms with E-state index < -0.39 is 12.1 Å². The van der Waals surface area contributed by atoms with Crippen LogP contribution in [0.5, 0.6) is 0 Å². The fourth-order valence-corrected chi connectivity index (χ4v) is 0.812. The van der Waals surface area contributed by atoms with Gasteiger partial charge >= 0.3 is 5.97 Å². The third kappa shape index (κ3) is 5.91. The third-order valence-electron chi connectivity index (χ3n) is 0.880. The van der Waals surface area contributed by atoms with Crippen LogP contribution in [0, 0.1) is 0 Å². The zero-order valence-electron chi connectivity index (χ0n) is 5.20. The van der Waals surface area contributed by atoms with Gasteiger partial charge in [0.25, 0.3) is 0 Å². The first kappa shape index (κ1) is 12.5. The summed E-state index contributed by atoms with van der Waals surface area (Å²) in [6, 6.07) is 0. The van der Waals surface area contributed by atoms with Crippen molar-refractivity contribution in [2.45, 2.75) is 20.0 Å². The molecule has 0 fully saturated rings. The van der Waals surface area contributed by atoms with Gasteiger partial charge in [-0.2, -0.15) is 11.8 Å². The Hall–Kier alpha value is -0.220. The minimum absolute atomic E-state index is 0. The number of carbonyl (C=O) groups is 1. The molecule has 62 valence electrons. The highest BCUT2D eigenvalue weighted by atomic mass is 32.2. The summed E-state index contributed by atoms with van der Waals surface area (Å²) in [6.07, 6.45) is 1.02. The van der Waals surface area contributed by atoms with Gasteiger partial charge in [-0.15, -0.1) is 0 Å². The molecule has 0 radical (unpaired) electrons. The molecule has 0 bridgehead atoms. The summed E-state index contributed by atoms with van der Waals surface area (Å²) in [5, 5.41) is 16.8. The highest BCUT2D eigenvalue weighted by Crippen LogP contribution is 1.99. The first-order valence-corrected chi connectivity index (χ1v) is 3.97. The smallest absolute Gasteiger partial charge is 0.332 e. The van der Waals surface area contributed by atoms with Gasteiger partial charge in [0.05, 0.1) is 0 Å². The van der Waals surface area contributed by atoms with Crippen molar-refractivity contribution in [1.82, 2.24) is 0 Å². The van der Waals surface area contributed by atoms with Gasteiger partial charge < -0.3 is 10.2 Å². The Balaban J connectivity index is 0. The highest BCUT2D eigenvalue weighted by molar-refractivity contribution is 7.98. The Morgan fingerprint density at radius 2 is 2.20 bits per heavy atom. The molecule has 0 amide bonds. The summed E-state index contributed by atoms with van der Waals surface area (Å²) in [5.41, 5.74) is 0. The van der Waals surface area contributed by atoms with E-state index in [1.165, 1.54) is 11.8 Å². The molecule has 0 aromatic rings. The number of aliphatic hydroxyl groups excluding tert-OH is 1. The summed E-state index contributed by atoms with van der Waals surface area (Å²) < 4.78 is 0. The van der Waals surface area contributed by atoms with E-state index in [-0.39, 0.29) is 7.43 Å². The van der Waals surface area contributed by atoms with Crippen LogP contribution in [-0.2, 0) is 4.79 Å². The molecule has 1 atom stereocenters. The normalized spacial score (nSPS) is 11.8. The summed E-state index contributed by atoms with van der Waals surface area (Å²) >= 11 is 1.52. The average Bonchev–Trinajstić information content (AvgIpc) is 1.82. The number of carboxylic acid groups (broad SMARTS) is 1. The van der Waals surface area contributed by atoms with Gasteiger partial charge in [0.15, 0.2) is 6.10 Å². The Bertz CT molecular complexity index is 95.0. The molecule has 0 rings (SSSR count). The van der Waals surface area contributed by atoms with Crippen LogP contribution >= 0.6 is 11.8 Å². The van der Waals surface area contributed by atoms with Crippen LogP contribution in [0.1, 0.15) is 13.8 Å². The van der Waals surface area contributed by atoms with Crippen LogP contribution in [0.25, 0.3) is 0 Å². The maximum atomic E-state index is 9.95. The Labute approximate surface area is 65.4 Å². The molecule has 10 heavy (non-hydrogen) atoms. The van der Waals surface area contributed by atoms with Crippen LogP contribution in [0.4, 0.5) is 0 Å². The number of aliphatic carboxylic acids is 1. The fraction of sp³-hybridized carbons (Fsp3) is 0.833.